The summed E-state index contributed by atoms with van der Waals surface area (Å²) in [6, 6.07) is 13.8. The standard InChI is InChI=1S/C16H15ClO3/c1-2-20-16(19)13-7-3-5-11(9-13)15(18)12-6-4-8-14(17)10-12/h3-10,15,18H,2H2,1H3. The molecule has 3 nitrogen and oxygen atoms in total. The van der Waals surface area contributed by atoms with Crippen molar-refractivity contribution in [3.8, 4) is 0 Å². The summed E-state index contributed by atoms with van der Waals surface area (Å²) in [5.74, 6) is -0.396. The van der Waals surface area contributed by atoms with Crippen LogP contribution in [0.3, 0.4) is 0 Å². The Hall–Kier alpha value is -1.84. The monoisotopic (exact) mass is 290 g/mol. The molecule has 0 spiro atoms. The highest BCUT2D eigenvalue weighted by Gasteiger charge is 2.13. The van der Waals surface area contributed by atoms with Gasteiger partial charge in [-0.1, -0.05) is 35.9 Å². The fraction of sp³-hybridized carbons (Fsp3) is 0.188. The molecule has 0 aliphatic carbocycles. The lowest BCUT2D eigenvalue weighted by atomic mass is 10.00. The third-order valence-electron chi connectivity index (χ3n) is 2.88. The number of ether oxygens (including phenoxy) is 1. The summed E-state index contributed by atoms with van der Waals surface area (Å²) >= 11 is 5.91. The molecule has 0 bridgehead atoms. The third kappa shape index (κ3) is 3.38. The Bertz CT molecular complexity index is 610. The van der Waals surface area contributed by atoms with Crippen molar-refractivity contribution in [2.75, 3.05) is 6.61 Å². The summed E-state index contributed by atoms with van der Waals surface area (Å²) in [6.07, 6.45) is -0.830. The summed E-state index contributed by atoms with van der Waals surface area (Å²) in [7, 11) is 0. The van der Waals surface area contributed by atoms with E-state index in [2.05, 4.69) is 0 Å². The van der Waals surface area contributed by atoms with Crippen LogP contribution in [0.2, 0.25) is 5.02 Å². The van der Waals surface area contributed by atoms with Crippen LogP contribution in [0, 0.1) is 0 Å². The Balaban J connectivity index is 2.28. The molecule has 0 aliphatic heterocycles. The molecule has 0 saturated heterocycles. The number of carbonyl (C=O) groups excluding carboxylic acids is 1. The van der Waals surface area contributed by atoms with E-state index in [1.54, 1.807) is 55.5 Å². The number of rotatable bonds is 4. The molecule has 2 rings (SSSR count). The van der Waals surface area contributed by atoms with E-state index in [0.717, 1.165) is 0 Å². The van der Waals surface area contributed by atoms with Gasteiger partial charge in [0.25, 0.3) is 0 Å². The van der Waals surface area contributed by atoms with Crippen molar-refractivity contribution in [1.29, 1.82) is 0 Å². The molecule has 0 aliphatic rings. The zero-order valence-corrected chi connectivity index (χ0v) is 11.8. The molecular weight excluding hydrogens is 276 g/mol. The third-order valence-corrected chi connectivity index (χ3v) is 3.11. The van der Waals surface area contributed by atoms with Gasteiger partial charge in [-0.05, 0) is 42.3 Å². The summed E-state index contributed by atoms with van der Waals surface area (Å²) in [6.45, 7) is 2.07. The van der Waals surface area contributed by atoms with Crippen LogP contribution in [-0.2, 0) is 4.74 Å². The second-order valence-corrected chi connectivity index (χ2v) is 4.74. The number of halogens is 1. The van der Waals surface area contributed by atoms with Gasteiger partial charge in [0.15, 0.2) is 0 Å². The van der Waals surface area contributed by atoms with Crippen molar-refractivity contribution >= 4 is 17.6 Å². The lowest BCUT2D eigenvalue weighted by Crippen LogP contribution is -2.06. The van der Waals surface area contributed by atoms with Crippen LogP contribution < -0.4 is 0 Å². The molecule has 0 saturated carbocycles. The van der Waals surface area contributed by atoms with Crippen molar-refractivity contribution in [2.45, 2.75) is 13.0 Å². The first-order valence-corrected chi connectivity index (χ1v) is 6.70. The Morgan fingerprint density at radius 3 is 2.50 bits per heavy atom. The van der Waals surface area contributed by atoms with Crippen LogP contribution in [0.25, 0.3) is 0 Å². The first-order valence-electron chi connectivity index (χ1n) is 6.32. The Morgan fingerprint density at radius 2 is 1.85 bits per heavy atom. The van der Waals surface area contributed by atoms with E-state index in [4.69, 9.17) is 16.3 Å². The Kier molecular flexibility index (Phi) is 4.77. The van der Waals surface area contributed by atoms with Gasteiger partial charge >= 0.3 is 5.97 Å². The molecule has 0 fully saturated rings. The van der Waals surface area contributed by atoms with Crippen LogP contribution in [0.5, 0.6) is 0 Å². The Labute approximate surface area is 122 Å². The minimum Gasteiger partial charge on any atom is -0.462 e. The van der Waals surface area contributed by atoms with Crippen molar-refractivity contribution in [2.24, 2.45) is 0 Å². The average molecular weight is 291 g/mol. The predicted octanol–water partition coefficient (Wildman–Crippen LogP) is 3.60. The van der Waals surface area contributed by atoms with Gasteiger partial charge in [0, 0.05) is 5.02 Å². The minimum atomic E-state index is -0.830. The smallest absolute Gasteiger partial charge is 0.338 e. The van der Waals surface area contributed by atoms with Gasteiger partial charge in [0.1, 0.15) is 6.10 Å². The first kappa shape index (κ1) is 14.6. The van der Waals surface area contributed by atoms with E-state index < -0.39 is 12.1 Å². The fourth-order valence-corrected chi connectivity index (χ4v) is 2.12. The molecule has 1 unspecified atom stereocenters. The highest BCUT2D eigenvalue weighted by atomic mass is 35.5. The van der Waals surface area contributed by atoms with E-state index in [1.807, 2.05) is 0 Å². The highest BCUT2D eigenvalue weighted by Crippen LogP contribution is 2.25. The SMILES string of the molecule is CCOC(=O)c1cccc(C(O)c2cccc(Cl)c2)c1. The average Bonchev–Trinajstić information content (AvgIpc) is 2.47. The second kappa shape index (κ2) is 6.55. The predicted molar refractivity (Wildman–Crippen MR) is 77.9 cm³/mol. The summed E-state index contributed by atoms with van der Waals surface area (Å²) in [5.41, 5.74) is 1.72. The molecule has 0 aromatic heterocycles. The lowest BCUT2D eigenvalue weighted by molar-refractivity contribution is 0.0526. The van der Waals surface area contributed by atoms with E-state index in [0.29, 0.717) is 28.3 Å². The highest BCUT2D eigenvalue weighted by molar-refractivity contribution is 6.30. The van der Waals surface area contributed by atoms with Gasteiger partial charge in [-0.25, -0.2) is 4.79 Å². The van der Waals surface area contributed by atoms with E-state index in [-0.39, 0.29) is 0 Å². The van der Waals surface area contributed by atoms with Gasteiger partial charge in [-0.15, -0.1) is 0 Å². The molecule has 20 heavy (non-hydrogen) atoms. The minimum absolute atomic E-state index is 0.319. The van der Waals surface area contributed by atoms with Crippen LogP contribution >= 0.6 is 11.6 Å². The molecule has 0 heterocycles. The molecule has 0 radical (unpaired) electrons. The second-order valence-electron chi connectivity index (χ2n) is 4.30. The zero-order chi connectivity index (χ0) is 14.5. The molecule has 2 aromatic rings. The largest absolute Gasteiger partial charge is 0.462 e. The lowest BCUT2D eigenvalue weighted by Gasteiger charge is -2.13. The maximum Gasteiger partial charge on any atom is 0.338 e. The number of esters is 1. The van der Waals surface area contributed by atoms with Crippen LogP contribution in [0.15, 0.2) is 48.5 Å². The summed E-state index contributed by atoms with van der Waals surface area (Å²) in [5, 5.41) is 10.9. The summed E-state index contributed by atoms with van der Waals surface area (Å²) < 4.78 is 4.95. The molecule has 2 aromatic carbocycles. The topological polar surface area (TPSA) is 46.5 Å². The number of benzene rings is 2. The quantitative estimate of drug-likeness (QED) is 0.875. The van der Waals surface area contributed by atoms with E-state index >= 15 is 0 Å². The number of aliphatic hydroxyl groups is 1. The number of hydrogen-bond acceptors (Lipinski definition) is 3. The number of carbonyl (C=O) groups is 1. The zero-order valence-electron chi connectivity index (χ0n) is 11.0. The molecule has 4 heteroatoms. The maximum absolute atomic E-state index is 11.7. The van der Waals surface area contributed by atoms with Crippen LogP contribution in [-0.4, -0.2) is 17.7 Å². The fourth-order valence-electron chi connectivity index (χ4n) is 1.92. The van der Waals surface area contributed by atoms with E-state index in [1.165, 1.54) is 0 Å². The Morgan fingerprint density at radius 1 is 1.20 bits per heavy atom. The van der Waals surface area contributed by atoms with Gasteiger partial charge in [0.2, 0.25) is 0 Å². The van der Waals surface area contributed by atoms with Crippen molar-refractivity contribution in [1.82, 2.24) is 0 Å². The van der Waals surface area contributed by atoms with Gasteiger partial charge in [0.05, 0.1) is 12.2 Å². The van der Waals surface area contributed by atoms with Crippen LogP contribution in [0.4, 0.5) is 0 Å². The van der Waals surface area contributed by atoms with Gasteiger partial charge in [-0.2, -0.15) is 0 Å². The molecular formula is C16H15ClO3. The normalized spacial score (nSPS) is 11.9. The molecule has 1 atom stereocenters. The van der Waals surface area contributed by atoms with Crippen molar-refractivity contribution in [3.63, 3.8) is 0 Å². The molecule has 1 N–H and O–H groups in total. The number of hydrogen-bond donors (Lipinski definition) is 1. The van der Waals surface area contributed by atoms with Crippen molar-refractivity contribution in [3.05, 3.63) is 70.2 Å². The molecule has 104 valence electrons. The van der Waals surface area contributed by atoms with Gasteiger partial charge < -0.3 is 9.84 Å². The van der Waals surface area contributed by atoms with E-state index in [9.17, 15) is 9.90 Å². The van der Waals surface area contributed by atoms with Gasteiger partial charge in [-0.3, -0.25) is 0 Å². The molecule has 0 amide bonds. The van der Waals surface area contributed by atoms with Crippen molar-refractivity contribution < 1.29 is 14.6 Å². The first-order chi connectivity index (χ1) is 9.61. The maximum atomic E-state index is 11.7. The van der Waals surface area contributed by atoms with Crippen LogP contribution in [0.1, 0.15) is 34.5 Å². The number of aliphatic hydroxyl groups excluding tert-OH is 1. The summed E-state index contributed by atoms with van der Waals surface area (Å²) in [4.78, 5) is 11.7.